The molecule has 0 saturated heterocycles. The number of rotatable bonds is 10. The number of hydrogen-bond donors (Lipinski definition) is 4. The molecule has 1 unspecified atom stereocenters. The molecule has 190 valence electrons. The van der Waals surface area contributed by atoms with Gasteiger partial charge >= 0.3 is 0 Å². The number of nitrogens with one attached hydrogen (secondary N) is 4. The average Bonchev–Trinajstić information content (AvgIpc) is 3.31. The highest BCUT2D eigenvalue weighted by Crippen LogP contribution is 2.27. The first-order valence-corrected chi connectivity index (χ1v) is 12.4. The number of anilines is 1. The average molecular weight is 531 g/mol. The van der Waals surface area contributed by atoms with E-state index in [1.54, 1.807) is 24.3 Å². The molecule has 4 rings (SSSR count). The molecule has 1 aromatic heterocycles. The summed E-state index contributed by atoms with van der Waals surface area (Å²) in [5.41, 5.74) is 3.18. The van der Waals surface area contributed by atoms with Crippen molar-refractivity contribution in [1.82, 2.24) is 21.0 Å². The SMILES string of the molecule is CC(C)(CNC(=O)CCCC1=NC(c2cc(Cl)cc(Cl)c2)NO1)CNc1n[nH]c(=O)c2ccccc12. The van der Waals surface area contributed by atoms with E-state index in [1.807, 2.05) is 32.0 Å². The van der Waals surface area contributed by atoms with Crippen molar-refractivity contribution in [2.24, 2.45) is 10.4 Å². The first-order valence-electron chi connectivity index (χ1n) is 11.6. The topological polar surface area (TPSA) is 120 Å². The van der Waals surface area contributed by atoms with Gasteiger partial charge < -0.3 is 15.5 Å². The van der Waals surface area contributed by atoms with Crippen molar-refractivity contribution < 1.29 is 9.63 Å². The summed E-state index contributed by atoms with van der Waals surface area (Å²) in [5, 5.41) is 15.3. The minimum atomic E-state index is -0.382. The van der Waals surface area contributed by atoms with Gasteiger partial charge in [-0.15, -0.1) is 5.48 Å². The highest BCUT2D eigenvalue weighted by Gasteiger charge is 2.22. The lowest BCUT2D eigenvalue weighted by Gasteiger charge is -2.26. The van der Waals surface area contributed by atoms with Gasteiger partial charge in [0, 0.05) is 41.4 Å². The summed E-state index contributed by atoms with van der Waals surface area (Å²) in [6.45, 7) is 5.13. The Morgan fingerprint density at radius 2 is 1.83 bits per heavy atom. The molecule has 4 N–H and O–H groups in total. The quantitative estimate of drug-likeness (QED) is 0.304. The first kappa shape index (κ1) is 25.9. The fourth-order valence-corrected chi connectivity index (χ4v) is 4.32. The molecule has 0 saturated carbocycles. The molecule has 2 heterocycles. The number of amides is 1. The van der Waals surface area contributed by atoms with Gasteiger partial charge in [-0.3, -0.25) is 9.59 Å². The standard InChI is InChI=1S/C25H28Cl2N6O3/c1-25(2,14-29-23-18-6-3-4-7-19(18)24(35)32-31-23)13-28-20(34)8-5-9-21-30-22(33-36-21)15-10-16(26)12-17(27)11-15/h3-4,6-7,10-12,22,33H,5,8-9,13-14H2,1-2H3,(H,28,34)(H,29,31)(H,32,35). The predicted octanol–water partition coefficient (Wildman–Crippen LogP) is 4.59. The predicted molar refractivity (Wildman–Crippen MR) is 142 cm³/mol. The van der Waals surface area contributed by atoms with E-state index in [1.165, 1.54) is 0 Å². The Kier molecular flexibility index (Phi) is 8.13. The number of carbonyl (C=O) groups is 1. The summed E-state index contributed by atoms with van der Waals surface area (Å²) in [7, 11) is 0. The van der Waals surface area contributed by atoms with Gasteiger partial charge in [0.25, 0.3) is 5.56 Å². The Bertz CT molecular complexity index is 1320. The molecular weight excluding hydrogens is 503 g/mol. The highest BCUT2D eigenvalue weighted by molar-refractivity contribution is 6.34. The van der Waals surface area contributed by atoms with E-state index >= 15 is 0 Å². The van der Waals surface area contributed by atoms with Crippen molar-refractivity contribution in [3.8, 4) is 0 Å². The van der Waals surface area contributed by atoms with Gasteiger partial charge in [-0.2, -0.15) is 5.10 Å². The summed E-state index contributed by atoms with van der Waals surface area (Å²) in [6, 6.07) is 12.5. The van der Waals surface area contributed by atoms with E-state index in [0.29, 0.717) is 59.5 Å². The zero-order chi connectivity index (χ0) is 25.7. The third-order valence-corrected chi connectivity index (χ3v) is 6.19. The molecular formula is C25H28Cl2N6O3. The Balaban J connectivity index is 1.21. The van der Waals surface area contributed by atoms with Gasteiger partial charge in [0.2, 0.25) is 11.8 Å². The maximum atomic E-state index is 12.4. The second-order valence-corrected chi connectivity index (χ2v) is 10.3. The van der Waals surface area contributed by atoms with Crippen LogP contribution in [0.1, 0.15) is 44.8 Å². The van der Waals surface area contributed by atoms with Crippen LogP contribution in [-0.4, -0.2) is 35.1 Å². The monoisotopic (exact) mass is 530 g/mol. The van der Waals surface area contributed by atoms with E-state index in [-0.39, 0.29) is 23.0 Å². The summed E-state index contributed by atoms with van der Waals surface area (Å²) < 4.78 is 0. The van der Waals surface area contributed by atoms with Crippen LogP contribution in [0.25, 0.3) is 10.8 Å². The summed E-state index contributed by atoms with van der Waals surface area (Å²) in [6.07, 6.45) is 1.10. The van der Waals surface area contributed by atoms with E-state index in [0.717, 1.165) is 10.9 Å². The Morgan fingerprint density at radius 3 is 2.58 bits per heavy atom. The molecule has 1 aliphatic rings. The molecule has 3 aromatic rings. The number of fused-ring (bicyclic) bond motifs is 1. The maximum Gasteiger partial charge on any atom is 0.272 e. The van der Waals surface area contributed by atoms with E-state index in [9.17, 15) is 9.59 Å². The Labute approximate surface area is 218 Å². The van der Waals surface area contributed by atoms with Crippen LogP contribution in [0.5, 0.6) is 0 Å². The summed E-state index contributed by atoms with van der Waals surface area (Å²) in [4.78, 5) is 34.3. The van der Waals surface area contributed by atoms with Crippen LogP contribution in [0.15, 0.2) is 52.3 Å². The van der Waals surface area contributed by atoms with Gasteiger partial charge in [0.05, 0.1) is 5.39 Å². The highest BCUT2D eigenvalue weighted by atomic mass is 35.5. The van der Waals surface area contributed by atoms with Crippen LogP contribution >= 0.6 is 23.2 Å². The third kappa shape index (κ3) is 6.75. The van der Waals surface area contributed by atoms with Gasteiger partial charge in [-0.1, -0.05) is 55.2 Å². The second kappa shape index (κ2) is 11.3. The number of nitrogens with zero attached hydrogens (tertiary/aromatic N) is 2. The maximum absolute atomic E-state index is 12.4. The van der Waals surface area contributed by atoms with Crippen molar-refractivity contribution in [2.45, 2.75) is 39.3 Å². The molecule has 0 spiro atoms. The van der Waals surface area contributed by atoms with Gasteiger partial charge in [0.15, 0.2) is 12.0 Å². The number of H-pyrrole nitrogens is 1. The molecule has 11 heteroatoms. The smallest absolute Gasteiger partial charge is 0.272 e. The van der Waals surface area contributed by atoms with E-state index in [4.69, 9.17) is 28.0 Å². The number of carbonyl (C=O) groups excluding carboxylic acids is 1. The van der Waals surface area contributed by atoms with Crippen LogP contribution in [-0.2, 0) is 9.63 Å². The molecule has 36 heavy (non-hydrogen) atoms. The number of aliphatic imine (C=N–C) groups is 1. The lowest BCUT2D eigenvalue weighted by molar-refractivity contribution is -0.121. The van der Waals surface area contributed by atoms with Crippen molar-refractivity contribution in [3.63, 3.8) is 0 Å². The number of halogens is 2. The minimum Gasteiger partial charge on any atom is -0.391 e. The first-order chi connectivity index (χ1) is 17.2. The van der Waals surface area contributed by atoms with Crippen LogP contribution in [0.3, 0.4) is 0 Å². The van der Waals surface area contributed by atoms with Crippen LogP contribution < -0.4 is 21.7 Å². The lowest BCUT2D eigenvalue weighted by Crippen LogP contribution is -2.38. The molecule has 1 amide bonds. The van der Waals surface area contributed by atoms with Crippen LogP contribution in [0.2, 0.25) is 10.0 Å². The largest absolute Gasteiger partial charge is 0.391 e. The number of hydrogen-bond acceptors (Lipinski definition) is 7. The number of aromatic nitrogens is 2. The van der Waals surface area contributed by atoms with Crippen molar-refractivity contribution in [2.75, 3.05) is 18.4 Å². The number of benzene rings is 2. The summed E-state index contributed by atoms with van der Waals surface area (Å²) >= 11 is 12.1. The molecule has 1 aliphatic heterocycles. The molecule has 0 aliphatic carbocycles. The molecule has 9 nitrogen and oxygen atoms in total. The Hall–Kier alpha value is -3.14. The fraction of sp³-hybridized carbons (Fsp3) is 0.360. The van der Waals surface area contributed by atoms with Crippen molar-refractivity contribution >= 4 is 51.6 Å². The zero-order valence-electron chi connectivity index (χ0n) is 20.0. The molecule has 0 bridgehead atoms. The second-order valence-electron chi connectivity index (χ2n) is 9.44. The zero-order valence-corrected chi connectivity index (χ0v) is 21.5. The van der Waals surface area contributed by atoms with E-state index in [2.05, 4.69) is 31.3 Å². The minimum absolute atomic E-state index is 0.0413. The van der Waals surface area contributed by atoms with Crippen LogP contribution in [0.4, 0.5) is 5.82 Å². The normalized spacial score (nSPS) is 15.4. The molecule has 2 aromatic carbocycles. The molecule has 0 radical (unpaired) electrons. The fourth-order valence-electron chi connectivity index (χ4n) is 3.77. The Morgan fingerprint density at radius 1 is 1.11 bits per heavy atom. The molecule has 1 atom stereocenters. The summed E-state index contributed by atoms with van der Waals surface area (Å²) in [5.74, 6) is 1.10. The third-order valence-electron chi connectivity index (χ3n) is 5.75. The van der Waals surface area contributed by atoms with Gasteiger partial charge in [-0.25, -0.2) is 10.1 Å². The van der Waals surface area contributed by atoms with Gasteiger partial charge in [-0.05, 0) is 41.7 Å². The molecule has 0 fully saturated rings. The van der Waals surface area contributed by atoms with Crippen molar-refractivity contribution in [1.29, 1.82) is 0 Å². The van der Waals surface area contributed by atoms with Gasteiger partial charge in [0.1, 0.15) is 0 Å². The van der Waals surface area contributed by atoms with Crippen LogP contribution in [0, 0.1) is 5.41 Å². The number of aromatic amines is 1. The van der Waals surface area contributed by atoms with E-state index < -0.39 is 0 Å². The van der Waals surface area contributed by atoms with Crippen molar-refractivity contribution in [3.05, 3.63) is 68.4 Å². The number of hydroxylamine groups is 1. The lowest BCUT2D eigenvalue weighted by atomic mass is 9.93.